The van der Waals surface area contributed by atoms with Crippen molar-refractivity contribution in [1.82, 2.24) is 4.98 Å². The van der Waals surface area contributed by atoms with Crippen molar-refractivity contribution in [3.63, 3.8) is 0 Å². The van der Waals surface area contributed by atoms with E-state index in [1.165, 1.54) is 29.2 Å². The molecule has 102 valence electrons. The predicted molar refractivity (Wildman–Crippen MR) is 75.4 cm³/mol. The van der Waals surface area contributed by atoms with Crippen molar-refractivity contribution in [3.05, 3.63) is 47.5 Å². The third-order valence-corrected chi connectivity index (χ3v) is 3.26. The fourth-order valence-electron chi connectivity index (χ4n) is 1.61. The molecule has 0 aliphatic heterocycles. The standard InChI is InChI=1S/C14H12N2O3S/c1-10(17)16(12-5-3-2-4-6-12)14-15-11(9-20-14)7-8-13(18)19/h2-9H,1H3,(H,18,19)/p-1/b8-7+. The Bertz CT molecular complexity index is 649. The van der Waals surface area contributed by atoms with Gasteiger partial charge in [0.2, 0.25) is 5.91 Å². The van der Waals surface area contributed by atoms with Crippen molar-refractivity contribution in [2.75, 3.05) is 4.90 Å². The molecule has 6 heteroatoms. The van der Waals surface area contributed by atoms with E-state index in [0.29, 0.717) is 16.5 Å². The molecule has 0 bridgehead atoms. The van der Waals surface area contributed by atoms with Crippen LogP contribution in [0.4, 0.5) is 10.8 Å². The first-order chi connectivity index (χ1) is 9.58. The van der Waals surface area contributed by atoms with Crippen molar-refractivity contribution in [2.45, 2.75) is 6.92 Å². The molecule has 0 N–H and O–H groups in total. The van der Waals surface area contributed by atoms with Gasteiger partial charge in [0.15, 0.2) is 5.13 Å². The quantitative estimate of drug-likeness (QED) is 0.800. The molecule has 0 aliphatic rings. The minimum atomic E-state index is -1.29. The van der Waals surface area contributed by atoms with Gasteiger partial charge in [0, 0.05) is 12.3 Å². The Morgan fingerprint density at radius 1 is 1.30 bits per heavy atom. The van der Waals surface area contributed by atoms with Crippen LogP contribution in [-0.4, -0.2) is 16.9 Å². The molecule has 0 saturated heterocycles. The number of aromatic nitrogens is 1. The van der Waals surface area contributed by atoms with Crippen molar-refractivity contribution in [3.8, 4) is 0 Å². The number of carboxylic acid groups (broad SMARTS) is 1. The van der Waals surface area contributed by atoms with Gasteiger partial charge in [0.05, 0.1) is 17.4 Å². The number of carbonyl (C=O) groups excluding carboxylic acids is 2. The van der Waals surface area contributed by atoms with Gasteiger partial charge in [-0.05, 0) is 24.3 Å². The van der Waals surface area contributed by atoms with Crippen LogP contribution < -0.4 is 10.0 Å². The molecule has 5 nitrogen and oxygen atoms in total. The van der Waals surface area contributed by atoms with Crippen molar-refractivity contribution >= 4 is 40.1 Å². The van der Waals surface area contributed by atoms with Gasteiger partial charge in [-0.1, -0.05) is 18.2 Å². The van der Waals surface area contributed by atoms with Gasteiger partial charge in [-0.2, -0.15) is 0 Å². The first-order valence-corrected chi connectivity index (χ1v) is 6.66. The SMILES string of the molecule is CC(=O)N(c1ccccc1)c1nc(/C=C/C(=O)[O-])cs1. The molecule has 1 aromatic heterocycles. The lowest BCUT2D eigenvalue weighted by Crippen LogP contribution is -2.22. The molecule has 0 spiro atoms. The van der Waals surface area contributed by atoms with Gasteiger partial charge in [0.1, 0.15) is 0 Å². The van der Waals surface area contributed by atoms with Crippen molar-refractivity contribution in [1.29, 1.82) is 0 Å². The lowest BCUT2D eigenvalue weighted by Gasteiger charge is -2.17. The average molecular weight is 287 g/mol. The molecule has 1 heterocycles. The molecule has 0 aliphatic carbocycles. The molecule has 2 rings (SSSR count). The van der Waals surface area contributed by atoms with Crippen LogP contribution in [0, 0.1) is 0 Å². The number of benzene rings is 1. The average Bonchev–Trinajstić information content (AvgIpc) is 2.86. The van der Waals surface area contributed by atoms with Gasteiger partial charge in [-0.25, -0.2) is 4.98 Å². The smallest absolute Gasteiger partial charge is 0.230 e. The highest BCUT2D eigenvalue weighted by atomic mass is 32.1. The highest BCUT2D eigenvalue weighted by molar-refractivity contribution is 7.14. The number of hydrogen-bond donors (Lipinski definition) is 0. The molecular weight excluding hydrogens is 276 g/mol. The number of thiazole rings is 1. The maximum absolute atomic E-state index is 11.8. The molecule has 1 amide bonds. The molecule has 0 saturated carbocycles. The second kappa shape index (κ2) is 6.12. The van der Waals surface area contributed by atoms with E-state index in [2.05, 4.69) is 4.98 Å². The highest BCUT2D eigenvalue weighted by Gasteiger charge is 2.16. The number of aliphatic carboxylic acids is 1. The molecule has 2 aromatic rings. The molecule has 0 atom stereocenters. The van der Waals surface area contributed by atoms with Gasteiger partial charge in [0.25, 0.3) is 0 Å². The number of carboxylic acids is 1. The lowest BCUT2D eigenvalue weighted by atomic mass is 10.3. The first-order valence-electron chi connectivity index (χ1n) is 5.78. The zero-order valence-electron chi connectivity index (χ0n) is 10.6. The van der Waals surface area contributed by atoms with Crippen molar-refractivity contribution < 1.29 is 14.7 Å². The minimum Gasteiger partial charge on any atom is -0.545 e. The maximum Gasteiger partial charge on any atom is 0.230 e. The Labute approximate surface area is 119 Å². The third kappa shape index (κ3) is 3.30. The van der Waals surface area contributed by atoms with Crippen LogP contribution in [0.1, 0.15) is 12.6 Å². The van der Waals surface area contributed by atoms with E-state index in [1.807, 2.05) is 18.2 Å². The molecule has 20 heavy (non-hydrogen) atoms. The molecule has 0 radical (unpaired) electrons. The number of hydrogen-bond acceptors (Lipinski definition) is 5. The van der Waals surface area contributed by atoms with E-state index in [1.54, 1.807) is 17.5 Å². The van der Waals surface area contributed by atoms with Gasteiger partial charge in [-0.3, -0.25) is 9.69 Å². The van der Waals surface area contributed by atoms with Crippen LogP contribution in [0.25, 0.3) is 6.08 Å². The summed E-state index contributed by atoms with van der Waals surface area (Å²) in [5, 5.41) is 12.5. The van der Waals surface area contributed by atoms with E-state index in [-0.39, 0.29) is 5.91 Å². The summed E-state index contributed by atoms with van der Waals surface area (Å²) in [5.41, 5.74) is 1.18. The summed E-state index contributed by atoms with van der Waals surface area (Å²) in [4.78, 5) is 27.8. The van der Waals surface area contributed by atoms with E-state index < -0.39 is 5.97 Å². The molecular formula is C14H11N2O3S-. The van der Waals surface area contributed by atoms with Crippen LogP contribution in [0.2, 0.25) is 0 Å². The van der Waals surface area contributed by atoms with Gasteiger partial charge >= 0.3 is 0 Å². The number of nitrogens with zero attached hydrogens (tertiary/aromatic N) is 2. The van der Waals surface area contributed by atoms with Crippen LogP contribution in [0.5, 0.6) is 0 Å². The first kappa shape index (κ1) is 14.0. The maximum atomic E-state index is 11.8. The summed E-state index contributed by atoms with van der Waals surface area (Å²) in [6.45, 7) is 1.45. The van der Waals surface area contributed by atoms with Gasteiger partial charge < -0.3 is 9.90 Å². The summed E-state index contributed by atoms with van der Waals surface area (Å²) in [6.07, 6.45) is 2.23. The van der Waals surface area contributed by atoms with Crippen LogP contribution in [0.3, 0.4) is 0 Å². The normalized spacial score (nSPS) is 10.7. The Morgan fingerprint density at radius 2 is 2.00 bits per heavy atom. The summed E-state index contributed by atoms with van der Waals surface area (Å²) >= 11 is 1.26. The highest BCUT2D eigenvalue weighted by Crippen LogP contribution is 2.28. The lowest BCUT2D eigenvalue weighted by molar-refractivity contribution is -0.297. The minimum absolute atomic E-state index is 0.166. The van der Waals surface area contributed by atoms with E-state index in [9.17, 15) is 14.7 Å². The van der Waals surface area contributed by atoms with Crippen LogP contribution in [-0.2, 0) is 9.59 Å². The summed E-state index contributed by atoms with van der Waals surface area (Å²) in [7, 11) is 0. The Kier molecular flexibility index (Phi) is 4.27. The Morgan fingerprint density at radius 3 is 2.60 bits per heavy atom. The third-order valence-electron chi connectivity index (χ3n) is 2.42. The van der Waals surface area contributed by atoms with E-state index in [0.717, 1.165) is 6.08 Å². The number of rotatable bonds is 4. The zero-order valence-corrected chi connectivity index (χ0v) is 11.5. The Hall–Kier alpha value is -2.47. The molecule has 0 fully saturated rings. The predicted octanol–water partition coefficient (Wildman–Crippen LogP) is 1.59. The zero-order chi connectivity index (χ0) is 14.5. The summed E-state index contributed by atoms with van der Waals surface area (Å²) < 4.78 is 0. The fraction of sp³-hybridized carbons (Fsp3) is 0.0714. The van der Waals surface area contributed by atoms with E-state index in [4.69, 9.17) is 0 Å². The van der Waals surface area contributed by atoms with Crippen LogP contribution in [0.15, 0.2) is 41.8 Å². The number of para-hydroxylation sites is 1. The van der Waals surface area contributed by atoms with Crippen molar-refractivity contribution in [2.24, 2.45) is 0 Å². The summed E-state index contributed by atoms with van der Waals surface area (Å²) in [6, 6.07) is 9.13. The second-order valence-electron chi connectivity index (χ2n) is 3.90. The fourth-order valence-corrected chi connectivity index (χ4v) is 2.47. The Balaban J connectivity index is 2.32. The summed E-state index contributed by atoms with van der Waals surface area (Å²) in [5.74, 6) is -1.45. The number of amides is 1. The van der Waals surface area contributed by atoms with Crippen LogP contribution >= 0.6 is 11.3 Å². The monoisotopic (exact) mass is 287 g/mol. The largest absolute Gasteiger partial charge is 0.545 e. The van der Waals surface area contributed by atoms with E-state index >= 15 is 0 Å². The van der Waals surface area contributed by atoms with Gasteiger partial charge in [-0.15, -0.1) is 11.3 Å². The number of carbonyl (C=O) groups is 2. The second-order valence-corrected chi connectivity index (χ2v) is 4.73. The topological polar surface area (TPSA) is 73.3 Å². The molecule has 0 unspecified atom stereocenters. The molecule has 1 aromatic carbocycles. The number of anilines is 2.